The lowest BCUT2D eigenvalue weighted by Gasteiger charge is -2.10. The Morgan fingerprint density at radius 3 is 2.61 bits per heavy atom. The van der Waals surface area contributed by atoms with Crippen LogP contribution in [0.5, 0.6) is 0 Å². The largest absolute Gasteiger partial charge is 0.478 e. The normalized spacial score (nSPS) is 11.8. The number of carboxylic acid groups (broad SMARTS) is 1. The van der Waals surface area contributed by atoms with E-state index in [0.717, 1.165) is 6.07 Å². The van der Waals surface area contributed by atoms with Gasteiger partial charge in [0.05, 0.1) is 21.7 Å². The number of carboxylic acids is 1. The zero-order valence-electron chi connectivity index (χ0n) is 11.2. The molecule has 23 heavy (non-hydrogen) atoms. The van der Waals surface area contributed by atoms with E-state index in [2.05, 4.69) is 4.98 Å². The number of aromatic nitrogens is 1. The molecule has 0 unspecified atom stereocenters. The number of hydrogen-bond acceptors (Lipinski definition) is 3. The summed E-state index contributed by atoms with van der Waals surface area (Å²) in [6, 6.07) is 7.38. The molecule has 0 saturated carbocycles. The maximum Gasteiger partial charge on any atom is 0.417 e. The van der Waals surface area contributed by atoms with Crippen molar-refractivity contribution in [1.29, 1.82) is 0 Å². The SMILES string of the molecule is O=C(O)c1ccc2nc(-c3cccc(C(F)(F)F)c3Cl)oc2c1. The van der Waals surface area contributed by atoms with Crippen LogP contribution in [0.15, 0.2) is 40.8 Å². The van der Waals surface area contributed by atoms with Crippen LogP contribution in [0.4, 0.5) is 13.2 Å². The van der Waals surface area contributed by atoms with E-state index < -0.39 is 22.7 Å². The van der Waals surface area contributed by atoms with Gasteiger partial charge in [0.1, 0.15) is 5.52 Å². The van der Waals surface area contributed by atoms with Gasteiger partial charge in [-0.2, -0.15) is 13.2 Å². The maximum absolute atomic E-state index is 12.9. The topological polar surface area (TPSA) is 63.3 Å². The van der Waals surface area contributed by atoms with Gasteiger partial charge in [0, 0.05) is 0 Å². The molecule has 3 rings (SSSR count). The molecule has 0 fully saturated rings. The molecule has 0 aliphatic rings. The minimum absolute atomic E-state index is 0.0182. The first-order chi connectivity index (χ1) is 10.8. The molecule has 0 spiro atoms. The Kier molecular flexibility index (Phi) is 3.52. The number of halogens is 4. The highest BCUT2D eigenvalue weighted by molar-refractivity contribution is 6.34. The fourth-order valence-electron chi connectivity index (χ4n) is 2.09. The van der Waals surface area contributed by atoms with Gasteiger partial charge in [-0.3, -0.25) is 0 Å². The van der Waals surface area contributed by atoms with Crippen molar-refractivity contribution >= 4 is 28.7 Å². The lowest BCUT2D eigenvalue weighted by molar-refractivity contribution is -0.137. The Labute approximate surface area is 132 Å². The summed E-state index contributed by atoms with van der Waals surface area (Å²) >= 11 is 5.82. The Balaban J connectivity index is 2.16. The number of hydrogen-bond donors (Lipinski definition) is 1. The first-order valence-electron chi connectivity index (χ1n) is 6.27. The first kappa shape index (κ1) is 15.4. The number of oxazole rings is 1. The van der Waals surface area contributed by atoms with Gasteiger partial charge in [-0.25, -0.2) is 9.78 Å². The second-order valence-corrected chi connectivity index (χ2v) is 5.05. The van der Waals surface area contributed by atoms with Crippen LogP contribution in [0.25, 0.3) is 22.6 Å². The molecule has 1 N–H and O–H groups in total. The van der Waals surface area contributed by atoms with Crippen LogP contribution in [-0.2, 0) is 6.18 Å². The zero-order valence-corrected chi connectivity index (χ0v) is 11.9. The summed E-state index contributed by atoms with van der Waals surface area (Å²) < 4.78 is 44.0. The van der Waals surface area contributed by atoms with Crippen LogP contribution in [0, 0.1) is 0 Å². The van der Waals surface area contributed by atoms with E-state index in [9.17, 15) is 18.0 Å². The highest BCUT2D eigenvalue weighted by atomic mass is 35.5. The number of fused-ring (bicyclic) bond motifs is 1. The second-order valence-electron chi connectivity index (χ2n) is 4.67. The number of aromatic carboxylic acids is 1. The number of nitrogens with zero attached hydrogens (tertiary/aromatic N) is 1. The molecular weight excluding hydrogens is 335 g/mol. The zero-order chi connectivity index (χ0) is 16.8. The van der Waals surface area contributed by atoms with E-state index in [1.165, 1.54) is 30.3 Å². The number of benzene rings is 2. The Morgan fingerprint density at radius 1 is 1.22 bits per heavy atom. The maximum atomic E-state index is 12.9. The molecule has 1 heterocycles. The smallest absolute Gasteiger partial charge is 0.417 e. The van der Waals surface area contributed by atoms with Crippen molar-refractivity contribution in [3.63, 3.8) is 0 Å². The van der Waals surface area contributed by atoms with E-state index in [0.29, 0.717) is 5.52 Å². The van der Waals surface area contributed by atoms with E-state index in [1.807, 2.05) is 0 Å². The molecule has 0 aliphatic carbocycles. The molecule has 8 heteroatoms. The molecule has 0 atom stereocenters. The molecule has 1 aromatic heterocycles. The summed E-state index contributed by atoms with van der Waals surface area (Å²) in [4.78, 5) is 15.0. The van der Waals surface area contributed by atoms with Crippen LogP contribution < -0.4 is 0 Å². The number of carbonyl (C=O) groups is 1. The van der Waals surface area contributed by atoms with E-state index >= 15 is 0 Å². The average molecular weight is 342 g/mol. The predicted octanol–water partition coefficient (Wildman–Crippen LogP) is 4.87. The van der Waals surface area contributed by atoms with Gasteiger partial charge in [-0.05, 0) is 30.3 Å². The third kappa shape index (κ3) is 2.75. The standard InChI is InChI=1S/C15H7ClF3NO3/c16-12-8(2-1-3-9(12)15(17,18)19)13-20-10-5-4-7(14(21)22)6-11(10)23-13/h1-6H,(H,21,22). The third-order valence-electron chi connectivity index (χ3n) is 3.17. The summed E-state index contributed by atoms with van der Waals surface area (Å²) in [5.74, 6) is -1.26. The van der Waals surface area contributed by atoms with Crippen molar-refractivity contribution in [1.82, 2.24) is 4.98 Å². The van der Waals surface area contributed by atoms with E-state index in [4.69, 9.17) is 21.1 Å². The highest BCUT2D eigenvalue weighted by Gasteiger charge is 2.34. The van der Waals surface area contributed by atoms with Gasteiger partial charge < -0.3 is 9.52 Å². The minimum Gasteiger partial charge on any atom is -0.478 e. The molecule has 0 amide bonds. The van der Waals surface area contributed by atoms with Crippen LogP contribution in [0.1, 0.15) is 15.9 Å². The fraction of sp³-hybridized carbons (Fsp3) is 0.0667. The molecule has 2 aromatic carbocycles. The molecule has 0 saturated heterocycles. The molecule has 0 bridgehead atoms. The lowest BCUT2D eigenvalue weighted by atomic mass is 10.1. The fourth-order valence-corrected chi connectivity index (χ4v) is 2.40. The third-order valence-corrected chi connectivity index (χ3v) is 3.58. The quantitative estimate of drug-likeness (QED) is 0.722. The first-order valence-corrected chi connectivity index (χ1v) is 6.65. The van der Waals surface area contributed by atoms with Crippen LogP contribution in [0.3, 0.4) is 0 Å². The number of rotatable bonds is 2. The van der Waals surface area contributed by atoms with Crippen molar-refractivity contribution in [3.8, 4) is 11.5 Å². The summed E-state index contributed by atoms with van der Waals surface area (Å²) in [5.41, 5.74) is -0.568. The lowest BCUT2D eigenvalue weighted by Crippen LogP contribution is -2.06. The molecule has 0 aliphatic heterocycles. The molecule has 3 aromatic rings. The molecule has 4 nitrogen and oxygen atoms in total. The van der Waals surface area contributed by atoms with Crippen LogP contribution >= 0.6 is 11.6 Å². The summed E-state index contributed by atoms with van der Waals surface area (Å²) in [6.45, 7) is 0. The predicted molar refractivity (Wildman–Crippen MR) is 76.4 cm³/mol. The Bertz CT molecular complexity index is 918. The van der Waals surface area contributed by atoms with Crippen LogP contribution in [0.2, 0.25) is 5.02 Å². The molecule has 0 radical (unpaired) electrons. The van der Waals surface area contributed by atoms with Crippen LogP contribution in [-0.4, -0.2) is 16.1 Å². The van der Waals surface area contributed by atoms with Gasteiger partial charge in [-0.15, -0.1) is 0 Å². The van der Waals surface area contributed by atoms with Gasteiger partial charge in [0.15, 0.2) is 5.58 Å². The highest BCUT2D eigenvalue weighted by Crippen LogP contribution is 2.40. The minimum atomic E-state index is -4.60. The van der Waals surface area contributed by atoms with Crippen molar-refractivity contribution in [3.05, 3.63) is 52.5 Å². The summed E-state index contributed by atoms with van der Waals surface area (Å²) in [7, 11) is 0. The van der Waals surface area contributed by atoms with Crippen molar-refractivity contribution in [2.45, 2.75) is 6.18 Å². The Hall–Kier alpha value is -2.54. The average Bonchev–Trinajstić information content (AvgIpc) is 2.88. The van der Waals surface area contributed by atoms with Crippen molar-refractivity contribution in [2.75, 3.05) is 0 Å². The van der Waals surface area contributed by atoms with Crippen molar-refractivity contribution in [2.24, 2.45) is 0 Å². The second kappa shape index (κ2) is 5.27. The van der Waals surface area contributed by atoms with Crippen molar-refractivity contribution < 1.29 is 27.5 Å². The summed E-state index contributed by atoms with van der Waals surface area (Å²) in [6.07, 6.45) is -4.60. The summed E-state index contributed by atoms with van der Waals surface area (Å²) in [5, 5.41) is 8.41. The molecular formula is C15H7ClF3NO3. The van der Waals surface area contributed by atoms with Gasteiger partial charge in [0.25, 0.3) is 0 Å². The van der Waals surface area contributed by atoms with E-state index in [1.54, 1.807) is 0 Å². The molecule has 118 valence electrons. The number of alkyl halides is 3. The monoisotopic (exact) mass is 341 g/mol. The van der Waals surface area contributed by atoms with Gasteiger partial charge in [-0.1, -0.05) is 17.7 Å². The Morgan fingerprint density at radius 2 is 1.96 bits per heavy atom. The van der Waals surface area contributed by atoms with E-state index in [-0.39, 0.29) is 22.6 Å². The van der Waals surface area contributed by atoms with Gasteiger partial charge >= 0.3 is 12.1 Å². The van der Waals surface area contributed by atoms with Gasteiger partial charge in [0.2, 0.25) is 5.89 Å².